The fraction of sp³-hybridized carbons (Fsp3) is 0.333. The van der Waals surface area contributed by atoms with Gasteiger partial charge in [0.25, 0.3) is 0 Å². The first-order valence-electron chi connectivity index (χ1n) is 4.26. The highest BCUT2D eigenvalue weighted by molar-refractivity contribution is 9.11. The summed E-state index contributed by atoms with van der Waals surface area (Å²) < 4.78 is 5.78. The highest BCUT2D eigenvalue weighted by Gasteiger charge is 2.10. The van der Waals surface area contributed by atoms with Crippen LogP contribution in [0.4, 0.5) is 0 Å². The Hall–Kier alpha value is -0.880. The number of rotatable bonds is 4. The van der Waals surface area contributed by atoms with Crippen molar-refractivity contribution in [2.45, 2.75) is 6.42 Å². The Morgan fingerprint density at radius 1 is 1.53 bits per heavy atom. The molecule has 0 atom stereocenters. The molecule has 1 aromatic heterocycles. The van der Waals surface area contributed by atoms with Crippen LogP contribution in [-0.4, -0.2) is 25.5 Å². The summed E-state index contributed by atoms with van der Waals surface area (Å²) in [4.78, 5) is 22.7. The molecule has 0 fully saturated rings. The molecule has 0 saturated heterocycles. The molecule has 0 aliphatic rings. The number of thiophene rings is 1. The minimum absolute atomic E-state index is 0.105. The van der Waals surface area contributed by atoms with Gasteiger partial charge in [-0.15, -0.1) is 11.3 Å². The van der Waals surface area contributed by atoms with Crippen molar-refractivity contribution < 1.29 is 14.3 Å². The Kier molecular flexibility index (Phi) is 4.77. The molecule has 0 aliphatic carbocycles. The van der Waals surface area contributed by atoms with Crippen molar-refractivity contribution in [3.05, 3.63) is 20.8 Å². The van der Waals surface area contributed by atoms with E-state index in [1.807, 2.05) is 0 Å². The van der Waals surface area contributed by atoms with Crippen molar-refractivity contribution in [1.29, 1.82) is 0 Å². The molecule has 1 heterocycles. The van der Waals surface area contributed by atoms with Gasteiger partial charge in [-0.3, -0.25) is 4.79 Å². The summed E-state index contributed by atoms with van der Waals surface area (Å²) in [6.45, 7) is 0.105. The van der Waals surface area contributed by atoms with Crippen LogP contribution in [-0.2, 0) is 9.53 Å². The van der Waals surface area contributed by atoms with Gasteiger partial charge in [0.05, 0.1) is 10.2 Å². The Morgan fingerprint density at radius 2 is 2.27 bits per heavy atom. The van der Waals surface area contributed by atoms with Gasteiger partial charge in [-0.25, -0.2) is 4.79 Å². The second kappa shape index (κ2) is 5.87. The van der Waals surface area contributed by atoms with Crippen molar-refractivity contribution in [2.24, 2.45) is 0 Å². The monoisotopic (exact) mass is 291 g/mol. The summed E-state index contributed by atoms with van der Waals surface area (Å²) in [5, 5.41) is 2.45. The molecule has 0 aliphatic heterocycles. The van der Waals surface area contributed by atoms with E-state index in [0.29, 0.717) is 4.88 Å². The van der Waals surface area contributed by atoms with Crippen molar-refractivity contribution in [2.75, 3.05) is 13.7 Å². The number of amides is 1. The van der Waals surface area contributed by atoms with Crippen LogP contribution < -0.4 is 5.32 Å². The maximum Gasteiger partial charge on any atom is 0.348 e. The fourth-order valence-corrected chi connectivity index (χ4v) is 2.14. The zero-order valence-electron chi connectivity index (χ0n) is 8.08. The van der Waals surface area contributed by atoms with Crippen LogP contribution in [0, 0.1) is 0 Å². The Bertz CT molecular complexity index is 364. The second-order valence-electron chi connectivity index (χ2n) is 2.66. The summed E-state index contributed by atoms with van der Waals surface area (Å²) >= 11 is 4.55. The van der Waals surface area contributed by atoms with Crippen LogP contribution in [0.15, 0.2) is 15.9 Å². The maximum atomic E-state index is 11.4. The summed E-state index contributed by atoms with van der Waals surface area (Å²) in [6, 6.07) is 3.46. The van der Waals surface area contributed by atoms with Gasteiger partial charge in [0.2, 0.25) is 5.91 Å². The van der Waals surface area contributed by atoms with Gasteiger partial charge in [0.15, 0.2) is 0 Å². The summed E-state index contributed by atoms with van der Waals surface area (Å²) in [5.74, 6) is -0.537. The number of nitrogens with one attached hydrogen (secondary N) is 1. The number of hydrogen-bond acceptors (Lipinski definition) is 4. The first kappa shape index (κ1) is 12.2. The van der Waals surface area contributed by atoms with E-state index in [1.165, 1.54) is 11.3 Å². The highest BCUT2D eigenvalue weighted by atomic mass is 79.9. The minimum Gasteiger partial charge on any atom is -0.461 e. The van der Waals surface area contributed by atoms with Crippen LogP contribution in [0.1, 0.15) is 16.1 Å². The predicted octanol–water partition coefficient (Wildman–Crippen LogP) is 1.80. The van der Waals surface area contributed by atoms with Gasteiger partial charge >= 0.3 is 5.97 Å². The van der Waals surface area contributed by atoms with E-state index in [-0.39, 0.29) is 18.9 Å². The van der Waals surface area contributed by atoms with E-state index in [2.05, 4.69) is 21.2 Å². The van der Waals surface area contributed by atoms with Crippen LogP contribution in [0.5, 0.6) is 0 Å². The summed E-state index contributed by atoms with van der Waals surface area (Å²) in [5.41, 5.74) is 0. The molecular weight excluding hydrogens is 282 g/mol. The van der Waals surface area contributed by atoms with E-state index in [1.54, 1.807) is 19.2 Å². The van der Waals surface area contributed by atoms with Gasteiger partial charge in [0.1, 0.15) is 11.5 Å². The largest absolute Gasteiger partial charge is 0.461 e. The standard InChI is InChI=1S/C9H10BrNO3S/c1-11-8(12)4-5-14-9(13)6-2-3-7(10)15-6/h2-3H,4-5H2,1H3,(H,11,12). The lowest BCUT2D eigenvalue weighted by Crippen LogP contribution is -2.20. The molecule has 0 aromatic carbocycles. The molecule has 0 bridgehead atoms. The molecular formula is C9H10BrNO3S. The van der Waals surface area contributed by atoms with Gasteiger partial charge in [0, 0.05) is 7.05 Å². The summed E-state index contributed by atoms with van der Waals surface area (Å²) in [6.07, 6.45) is 0.189. The third-order valence-electron chi connectivity index (χ3n) is 1.62. The van der Waals surface area contributed by atoms with Crippen LogP contribution >= 0.6 is 27.3 Å². The van der Waals surface area contributed by atoms with Crippen molar-refractivity contribution in [3.63, 3.8) is 0 Å². The lowest BCUT2D eigenvalue weighted by atomic mass is 10.4. The molecule has 1 amide bonds. The zero-order chi connectivity index (χ0) is 11.3. The van der Waals surface area contributed by atoms with E-state index in [0.717, 1.165) is 3.79 Å². The third-order valence-corrected chi connectivity index (χ3v) is 3.22. The number of esters is 1. The number of hydrogen-bond donors (Lipinski definition) is 1. The van der Waals surface area contributed by atoms with Gasteiger partial charge < -0.3 is 10.1 Å². The SMILES string of the molecule is CNC(=O)CCOC(=O)c1ccc(Br)s1. The van der Waals surface area contributed by atoms with Crippen molar-refractivity contribution in [3.8, 4) is 0 Å². The van der Waals surface area contributed by atoms with Crippen LogP contribution in [0.3, 0.4) is 0 Å². The highest BCUT2D eigenvalue weighted by Crippen LogP contribution is 2.22. The molecule has 6 heteroatoms. The third kappa shape index (κ3) is 4.01. The average Bonchev–Trinajstić information content (AvgIpc) is 2.64. The summed E-state index contributed by atoms with van der Waals surface area (Å²) in [7, 11) is 1.54. The number of carbonyl (C=O) groups excluding carboxylic acids is 2. The topological polar surface area (TPSA) is 55.4 Å². The molecule has 4 nitrogen and oxygen atoms in total. The van der Waals surface area contributed by atoms with E-state index in [4.69, 9.17) is 4.74 Å². The minimum atomic E-state index is -0.394. The van der Waals surface area contributed by atoms with E-state index >= 15 is 0 Å². The average molecular weight is 292 g/mol. The lowest BCUT2D eigenvalue weighted by molar-refractivity contribution is -0.121. The van der Waals surface area contributed by atoms with Gasteiger partial charge in [-0.1, -0.05) is 0 Å². The van der Waals surface area contributed by atoms with Crippen LogP contribution in [0.25, 0.3) is 0 Å². The van der Waals surface area contributed by atoms with E-state index < -0.39 is 5.97 Å². The number of halogens is 1. The first-order chi connectivity index (χ1) is 7.13. The molecule has 0 radical (unpaired) electrons. The van der Waals surface area contributed by atoms with Gasteiger partial charge in [-0.05, 0) is 28.1 Å². The Labute approximate surface area is 99.8 Å². The molecule has 82 valence electrons. The molecule has 1 N–H and O–H groups in total. The quantitative estimate of drug-likeness (QED) is 0.861. The van der Waals surface area contributed by atoms with Crippen molar-refractivity contribution >= 4 is 39.1 Å². The molecule has 0 saturated carbocycles. The van der Waals surface area contributed by atoms with Crippen LogP contribution in [0.2, 0.25) is 0 Å². The number of carbonyl (C=O) groups is 2. The first-order valence-corrected chi connectivity index (χ1v) is 5.87. The number of ether oxygens (including phenoxy) is 1. The fourth-order valence-electron chi connectivity index (χ4n) is 0.857. The Balaban J connectivity index is 2.34. The molecule has 1 aromatic rings. The smallest absolute Gasteiger partial charge is 0.348 e. The second-order valence-corrected chi connectivity index (χ2v) is 5.13. The molecule has 1 rings (SSSR count). The molecule has 0 unspecified atom stereocenters. The van der Waals surface area contributed by atoms with Gasteiger partial charge in [-0.2, -0.15) is 0 Å². The molecule has 15 heavy (non-hydrogen) atoms. The lowest BCUT2D eigenvalue weighted by Gasteiger charge is -2.01. The zero-order valence-corrected chi connectivity index (χ0v) is 10.5. The van der Waals surface area contributed by atoms with Crippen molar-refractivity contribution in [1.82, 2.24) is 5.32 Å². The predicted molar refractivity (Wildman–Crippen MR) is 61.0 cm³/mol. The normalized spacial score (nSPS) is 9.73. The molecule has 0 spiro atoms. The van der Waals surface area contributed by atoms with E-state index in [9.17, 15) is 9.59 Å². The Morgan fingerprint density at radius 3 is 2.80 bits per heavy atom. The maximum absolute atomic E-state index is 11.4.